The lowest BCUT2D eigenvalue weighted by molar-refractivity contribution is 0.0384. The number of nitriles is 1. The van der Waals surface area contributed by atoms with Gasteiger partial charge < -0.3 is 9.47 Å². The van der Waals surface area contributed by atoms with Crippen LogP contribution in [-0.4, -0.2) is 49.8 Å². The Morgan fingerprint density at radius 3 is 2.94 bits per heavy atom. The summed E-state index contributed by atoms with van der Waals surface area (Å²) in [4.78, 5) is 7.51. The number of thiazole rings is 1. The Morgan fingerprint density at radius 1 is 1.50 bits per heavy atom. The largest absolute Gasteiger partial charge is 0.379 e. The topological polar surface area (TPSA) is 58.4 Å². The standard InChI is InChI=1S/C12H17N3O2S/c1-16-9-10-11(8-13)18-12(14-10)2-3-15-4-6-17-7-5-15/h2-7,9H2,1H3. The lowest BCUT2D eigenvalue weighted by Crippen LogP contribution is -2.37. The molecule has 0 aliphatic carbocycles. The molecule has 1 saturated heterocycles. The number of hydrogen-bond donors (Lipinski definition) is 0. The highest BCUT2D eigenvalue weighted by Crippen LogP contribution is 2.19. The molecule has 0 spiro atoms. The van der Waals surface area contributed by atoms with Gasteiger partial charge in [-0.3, -0.25) is 4.90 Å². The fourth-order valence-electron chi connectivity index (χ4n) is 1.91. The number of morpholine rings is 1. The third-order valence-corrected chi connectivity index (χ3v) is 3.93. The Kier molecular flexibility index (Phi) is 5.08. The van der Waals surface area contributed by atoms with Crippen molar-refractivity contribution in [2.75, 3.05) is 40.0 Å². The van der Waals surface area contributed by atoms with Gasteiger partial charge in [-0.15, -0.1) is 11.3 Å². The van der Waals surface area contributed by atoms with Crippen molar-refractivity contribution in [2.24, 2.45) is 0 Å². The molecule has 1 aliphatic heterocycles. The van der Waals surface area contributed by atoms with Crippen LogP contribution in [0.4, 0.5) is 0 Å². The maximum absolute atomic E-state index is 9.01. The van der Waals surface area contributed by atoms with Crippen molar-refractivity contribution >= 4 is 11.3 Å². The lowest BCUT2D eigenvalue weighted by atomic mass is 10.3. The molecular formula is C12H17N3O2S. The van der Waals surface area contributed by atoms with Gasteiger partial charge in [0, 0.05) is 33.2 Å². The van der Waals surface area contributed by atoms with Crippen LogP contribution < -0.4 is 0 Å². The van der Waals surface area contributed by atoms with Crippen LogP contribution in [0, 0.1) is 11.3 Å². The van der Waals surface area contributed by atoms with Crippen molar-refractivity contribution in [1.82, 2.24) is 9.88 Å². The fourth-order valence-corrected chi connectivity index (χ4v) is 2.76. The van der Waals surface area contributed by atoms with E-state index in [9.17, 15) is 0 Å². The zero-order valence-corrected chi connectivity index (χ0v) is 11.3. The third kappa shape index (κ3) is 3.50. The lowest BCUT2D eigenvalue weighted by Gasteiger charge is -2.25. The molecule has 0 N–H and O–H groups in total. The van der Waals surface area contributed by atoms with Crippen molar-refractivity contribution in [3.05, 3.63) is 15.6 Å². The minimum atomic E-state index is 0.414. The first-order valence-electron chi connectivity index (χ1n) is 6.01. The number of methoxy groups -OCH3 is 1. The van der Waals surface area contributed by atoms with Crippen LogP contribution in [0.15, 0.2) is 0 Å². The maximum atomic E-state index is 9.01. The van der Waals surface area contributed by atoms with E-state index in [0.29, 0.717) is 11.5 Å². The molecule has 0 atom stereocenters. The quantitative estimate of drug-likeness (QED) is 0.797. The number of nitrogens with zero attached hydrogens (tertiary/aromatic N) is 3. The highest BCUT2D eigenvalue weighted by molar-refractivity contribution is 7.12. The van der Waals surface area contributed by atoms with Crippen molar-refractivity contribution < 1.29 is 9.47 Å². The SMILES string of the molecule is COCc1nc(CCN2CCOCC2)sc1C#N. The smallest absolute Gasteiger partial charge is 0.130 e. The second kappa shape index (κ2) is 6.81. The molecule has 1 aromatic rings. The third-order valence-electron chi connectivity index (χ3n) is 2.87. The summed E-state index contributed by atoms with van der Waals surface area (Å²) >= 11 is 1.48. The minimum Gasteiger partial charge on any atom is -0.379 e. The molecule has 1 aromatic heterocycles. The Labute approximate surface area is 111 Å². The summed E-state index contributed by atoms with van der Waals surface area (Å²) in [5, 5.41) is 10.0. The monoisotopic (exact) mass is 267 g/mol. The van der Waals surface area contributed by atoms with Gasteiger partial charge >= 0.3 is 0 Å². The Hall–Kier alpha value is -1.00. The Morgan fingerprint density at radius 2 is 2.28 bits per heavy atom. The van der Waals surface area contributed by atoms with Crippen LogP contribution in [0.3, 0.4) is 0 Å². The van der Waals surface area contributed by atoms with Crippen LogP contribution in [0.5, 0.6) is 0 Å². The molecule has 2 heterocycles. The predicted octanol–water partition coefficient (Wildman–Crippen LogP) is 1.04. The van der Waals surface area contributed by atoms with Gasteiger partial charge in [-0.25, -0.2) is 4.98 Å². The summed E-state index contributed by atoms with van der Waals surface area (Å²) in [5.41, 5.74) is 0.766. The van der Waals surface area contributed by atoms with E-state index in [4.69, 9.17) is 14.7 Å². The first kappa shape index (κ1) is 13.4. The van der Waals surface area contributed by atoms with E-state index in [0.717, 1.165) is 50.0 Å². The van der Waals surface area contributed by atoms with Crippen LogP contribution in [-0.2, 0) is 22.5 Å². The van der Waals surface area contributed by atoms with Crippen LogP contribution in [0.1, 0.15) is 15.6 Å². The molecule has 18 heavy (non-hydrogen) atoms. The van der Waals surface area contributed by atoms with Gasteiger partial charge in [0.15, 0.2) is 0 Å². The predicted molar refractivity (Wildman–Crippen MR) is 68.5 cm³/mol. The summed E-state index contributed by atoms with van der Waals surface area (Å²) in [5.74, 6) is 0. The highest BCUT2D eigenvalue weighted by atomic mass is 32.1. The zero-order valence-electron chi connectivity index (χ0n) is 10.5. The van der Waals surface area contributed by atoms with Gasteiger partial charge in [-0.2, -0.15) is 5.26 Å². The Bertz CT molecular complexity index is 421. The summed E-state index contributed by atoms with van der Waals surface area (Å²) < 4.78 is 10.4. The van der Waals surface area contributed by atoms with E-state index in [1.807, 2.05) is 0 Å². The molecule has 6 heteroatoms. The van der Waals surface area contributed by atoms with Gasteiger partial charge in [-0.1, -0.05) is 0 Å². The highest BCUT2D eigenvalue weighted by Gasteiger charge is 2.13. The van der Waals surface area contributed by atoms with Crippen molar-refractivity contribution in [2.45, 2.75) is 13.0 Å². The maximum Gasteiger partial charge on any atom is 0.130 e. The van der Waals surface area contributed by atoms with E-state index in [2.05, 4.69) is 16.0 Å². The van der Waals surface area contributed by atoms with E-state index < -0.39 is 0 Å². The van der Waals surface area contributed by atoms with Crippen molar-refractivity contribution in [3.63, 3.8) is 0 Å². The summed E-state index contributed by atoms with van der Waals surface area (Å²) in [6.07, 6.45) is 0.892. The molecule has 1 fully saturated rings. The molecule has 0 unspecified atom stereocenters. The first-order valence-corrected chi connectivity index (χ1v) is 6.83. The first-order chi connectivity index (χ1) is 8.83. The second-order valence-corrected chi connectivity index (χ2v) is 5.22. The molecule has 0 aromatic carbocycles. The fraction of sp³-hybridized carbons (Fsp3) is 0.667. The van der Waals surface area contributed by atoms with Crippen molar-refractivity contribution in [1.29, 1.82) is 5.26 Å². The van der Waals surface area contributed by atoms with Gasteiger partial charge in [-0.05, 0) is 0 Å². The average Bonchev–Trinajstić information content (AvgIpc) is 2.80. The summed E-state index contributed by atoms with van der Waals surface area (Å²) in [7, 11) is 1.62. The number of hydrogen-bond acceptors (Lipinski definition) is 6. The van der Waals surface area contributed by atoms with Crippen LogP contribution in [0.25, 0.3) is 0 Å². The van der Waals surface area contributed by atoms with Gasteiger partial charge in [0.2, 0.25) is 0 Å². The van der Waals surface area contributed by atoms with E-state index in [-0.39, 0.29) is 0 Å². The Balaban J connectivity index is 1.90. The molecule has 98 valence electrons. The molecule has 2 rings (SSSR count). The second-order valence-electron chi connectivity index (χ2n) is 4.13. The van der Waals surface area contributed by atoms with Crippen LogP contribution in [0.2, 0.25) is 0 Å². The normalized spacial score (nSPS) is 16.7. The summed E-state index contributed by atoms with van der Waals surface area (Å²) in [6, 6.07) is 2.18. The van der Waals surface area contributed by atoms with Gasteiger partial charge in [0.05, 0.1) is 30.5 Å². The minimum absolute atomic E-state index is 0.414. The van der Waals surface area contributed by atoms with Crippen molar-refractivity contribution in [3.8, 4) is 6.07 Å². The van der Waals surface area contributed by atoms with Gasteiger partial charge in [0.1, 0.15) is 10.9 Å². The zero-order chi connectivity index (χ0) is 12.8. The van der Waals surface area contributed by atoms with E-state index >= 15 is 0 Å². The summed E-state index contributed by atoms with van der Waals surface area (Å²) in [6.45, 7) is 5.00. The van der Waals surface area contributed by atoms with Crippen LogP contribution >= 0.6 is 11.3 Å². The van der Waals surface area contributed by atoms with E-state index in [1.165, 1.54) is 11.3 Å². The van der Waals surface area contributed by atoms with E-state index in [1.54, 1.807) is 7.11 Å². The average molecular weight is 267 g/mol. The molecule has 0 saturated carbocycles. The molecular weight excluding hydrogens is 250 g/mol. The number of rotatable bonds is 5. The molecule has 5 nitrogen and oxygen atoms in total. The van der Waals surface area contributed by atoms with Gasteiger partial charge in [0.25, 0.3) is 0 Å². The number of ether oxygens (including phenoxy) is 2. The molecule has 0 radical (unpaired) electrons. The number of aromatic nitrogens is 1. The molecule has 0 bridgehead atoms. The molecule has 1 aliphatic rings. The molecule has 0 amide bonds.